The van der Waals surface area contributed by atoms with Crippen molar-refractivity contribution in [1.29, 1.82) is 0 Å². The number of ether oxygens (including phenoxy) is 1. The SMILES string of the molecule is CCC(CC)N(CCOC)Cc1ccc(O)cn1. The Hall–Kier alpha value is -1.13. The van der Waals surface area contributed by atoms with Gasteiger partial charge in [-0.2, -0.15) is 0 Å². The number of hydrogen-bond acceptors (Lipinski definition) is 4. The van der Waals surface area contributed by atoms with Crippen molar-refractivity contribution in [2.45, 2.75) is 39.3 Å². The summed E-state index contributed by atoms with van der Waals surface area (Å²) in [7, 11) is 1.73. The summed E-state index contributed by atoms with van der Waals surface area (Å²) in [4.78, 5) is 6.64. The van der Waals surface area contributed by atoms with E-state index in [-0.39, 0.29) is 5.75 Å². The Morgan fingerprint density at radius 2 is 2.06 bits per heavy atom. The van der Waals surface area contributed by atoms with Gasteiger partial charge in [0, 0.05) is 26.2 Å². The molecule has 0 aliphatic carbocycles. The molecule has 0 atom stereocenters. The van der Waals surface area contributed by atoms with Gasteiger partial charge >= 0.3 is 0 Å². The van der Waals surface area contributed by atoms with E-state index in [0.717, 1.165) is 38.2 Å². The lowest BCUT2D eigenvalue weighted by Crippen LogP contribution is -2.36. The standard InChI is InChI=1S/C14H24N2O2/c1-4-13(5-2)16(8-9-18-3)11-12-6-7-14(17)10-15-12/h6-7,10,13,17H,4-5,8-9,11H2,1-3H3. The van der Waals surface area contributed by atoms with Gasteiger partial charge < -0.3 is 9.84 Å². The molecule has 4 nitrogen and oxygen atoms in total. The number of rotatable bonds is 8. The van der Waals surface area contributed by atoms with Crippen LogP contribution in [0.1, 0.15) is 32.4 Å². The fraction of sp³-hybridized carbons (Fsp3) is 0.643. The molecule has 1 aromatic rings. The Kier molecular flexibility index (Phi) is 6.68. The lowest BCUT2D eigenvalue weighted by molar-refractivity contribution is 0.109. The third-order valence-corrected chi connectivity index (χ3v) is 3.22. The summed E-state index contributed by atoms with van der Waals surface area (Å²) in [5, 5.41) is 9.24. The molecule has 102 valence electrons. The molecule has 0 amide bonds. The first-order chi connectivity index (χ1) is 8.71. The van der Waals surface area contributed by atoms with Crippen molar-refractivity contribution in [3.8, 4) is 5.75 Å². The van der Waals surface area contributed by atoms with Gasteiger partial charge in [-0.15, -0.1) is 0 Å². The lowest BCUT2D eigenvalue weighted by atomic mass is 10.1. The zero-order valence-electron chi connectivity index (χ0n) is 11.6. The van der Waals surface area contributed by atoms with Gasteiger partial charge in [-0.05, 0) is 25.0 Å². The molecular weight excluding hydrogens is 228 g/mol. The van der Waals surface area contributed by atoms with Gasteiger partial charge in [0.05, 0.1) is 18.5 Å². The molecule has 0 bridgehead atoms. The molecule has 18 heavy (non-hydrogen) atoms. The van der Waals surface area contributed by atoms with Gasteiger partial charge in [0.2, 0.25) is 0 Å². The molecule has 0 spiro atoms. The van der Waals surface area contributed by atoms with Crippen LogP contribution < -0.4 is 0 Å². The second-order valence-corrected chi connectivity index (χ2v) is 4.44. The van der Waals surface area contributed by atoms with E-state index >= 15 is 0 Å². The van der Waals surface area contributed by atoms with E-state index in [0.29, 0.717) is 6.04 Å². The van der Waals surface area contributed by atoms with Gasteiger partial charge in [-0.3, -0.25) is 9.88 Å². The first-order valence-corrected chi connectivity index (χ1v) is 6.58. The van der Waals surface area contributed by atoms with Crippen molar-refractivity contribution in [2.75, 3.05) is 20.3 Å². The predicted octanol–water partition coefficient (Wildman–Crippen LogP) is 2.42. The van der Waals surface area contributed by atoms with Gasteiger partial charge in [0.15, 0.2) is 0 Å². The fourth-order valence-electron chi connectivity index (χ4n) is 2.12. The van der Waals surface area contributed by atoms with Crippen molar-refractivity contribution in [2.24, 2.45) is 0 Å². The number of pyridine rings is 1. The Morgan fingerprint density at radius 1 is 1.33 bits per heavy atom. The summed E-state index contributed by atoms with van der Waals surface area (Å²) in [5.74, 6) is 0.213. The third kappa shape index (κ3) is 4.63. The van der Waals surface area contributed by atoms with Crippen LogP contribution in [0.5, 0.6) is 5.75 Å². The van der Waals surface area contributed by atoms with Gasteiger partial charge in [-0.1, -0.05) is 13.8 Å². The number of aromatic nitrogens is 1. The highest BCUT2D eigenvalue weighted by molar-refractivity contribution is 5.17. The zero-order chi connectivity index (χ0) is 13.4. The molecule has 1 aromatic heterocycles. The predicted molar refractivity (Wildman–Crippen MR) is 72.6 cm³/mol. The Morgan fingerprint density at radius 3 is 2.56 bits per heavy atom. The number of methoxy groups -OCH3 is 1. The average Bonchev–Trinajstić information content (AvgIpc) is 2.39. The lowest BCUT2D eigenvalue weighted by Gasteiger charge is -2.29. The first kappa shape index (κ1) is 14.9. The fourth-order valence-corrected chi connectivity index (χ4v) is 2.12. The van der Waals surface area contributed by atoms with E-state index in [2.05, 4.69) is 23.7 Å². The normalized spacial score (nSPS) is 11.4. The van der Waals surface area contributed by atoms with Crippen LogP contribution in [0.3, 0.4) is 0 Å². The molecule has 0 saturated carbocycles. The maximum Gasteiger partial charge on any atom is 0.133 e. The summed E-state index contributed by atoms with van der Waals surface area (Å²) in [6.07, 6.45) is 3.74. The Bertz CT molecular complexity index is 323. The van der Waals surface area contributed by atoms with Crippen LogP contribution in [0.15, 0.2) is 18.3 Å². The zero-order valence-corrected chi connectivity index (χ0v) is 11.6. The van der Waals surface area contributed by atoms with Crippen LogP contribution >= 0.6 is 0 Å². The minimum atomic E-state index is 0.213. The van der Waals surface area contributed by atoms with E-state index in [9.17, 15) is 5.11 Å². The second-order valence-electron chi connectivity index (χ2n) is 4.44. The van der Waals surface area contributed by atoms with Crippen molar-refractivity contribution >= 4 is 0 Å². The molecule has 4 heteroatoms. The highest BCUT2D eigenvalue weighted by Gasteiger charge is 2.15. The topological polar surface area (TPSA) is 45.6 Å². The number of nitrogens with zero attached hydrogens (tertiary/aromatic N) is 2. The summed E-state index contributed by atoms with van der Waals surface area (Å²) >= 11 is 0. The molecular formula is C14H24N2O2. The Labute approximate surface area is 110 Å². The van der Waals surface area contributed by atoms with Crippen LogP contribution in [0.25, 0.3) is 0 Å². The van der Waals surface area contributed by atoms with Crippen molar-refractivity contribution in [3.05, 3.63) is 24.0 Å². The maximum atomic E-state index is 9.24. The van der Waals surface area contributed by atoms with Crippen LogP contribution in [0, 0.1) is 0 Å². The molecule has 1 heterocycles. The van der Waals surface area contributed by atoms with Crippen LogP contribution in [-0.2, 0) is 11.3 Å². The smallest absolute Gasteiger partial charge is 0.133 e. The average molecular weight is 252 g/mol. The van der Waals surface area contributed by atoms with Crippen LogP contribution in [0.4, 0.5) is 0 Å². The summed E-state index contributed by atoms with van der Waals surface area (Å²) in [5.41, 5.74) is 0.982. The molecule has 1 rings (SSSR count). The molecule has 0 fully saturated rings. The second kappa shape index (κ2) is 8.06. The largest absolute Gasteiger partial charge is 0.506 e. The van der Waals surface area contributed by atoms with Crippen molar-refractivity contribution < 1.29 is 9.84 Å². The van der Waals surface area contributed by atoms with E-state index in [1.165, 1.54) is 6.20 Å². The van der Waals surface area contributed by atoms with E-state index in [4.69, 9.17) is 4.74 Å². The van der Waals surface area contributed by atoms with E-state index < -0.39 is 0 Å². The third-order valence-electron chi connectivity index (χ3n) is 3.22. The van der Waals surface area contributed by atoms with Crippen molar-refractivity contribution in [1.82, 2.24) is 9.88 Å². The summed E-state index contributed by atoms with van der Waals surface area (Å²) in [6, 6.07) is 4.11. The number of hydrogen-bond donors (Lipinski definition) is 1. The highest BCUT2D eigenvalue weighted by atomic mass is 16.5. The summed E-state index contributed by atoms with van der Waals surface area (Å²) < 4.78 is 5.17. The molecule has 0 aromatic carbocycles. The van der Waals surface area contributed by atoms with Crippen LogP contribution in [0.2, 0.25) is 0 Å². The molecule has 0 unspecified atom stereocenters. The minimum Gasteiger partial charge on any atom is -0.506 e. The molecule has 0 aliphatic rings. The van der Waals surface area contributed by atoms with E-state index in [1.54, 1.807) is 13.2 Å². The van der Waals surface area contributed by atoms with E-state index in [1.807, 2.05) is 6.07 Å². The quantitative estimate of drug-likeness (QED) is 0.772. The first-order valence-electron chi connectivity index (χ1n) is 6.58. The minimum absolute atomic E-state index is 0.213. The Balaban J connectivity index is 2.67. The summed E-state index contributed by atoms with van der Waals surface area (Å²) in [6.45, 7) is 6.85. The van der Waals surface area contributed by atoms with Crippen LogP contribution in [-0.4, -0.2) is 41.3 Å². The monoisotopic (exact) mass is 252 g/mol. The van der Waals surface area contributed by atoms with Crippen molar-refractivity contribution in [3.63, 3.8) is 0 Å². The molecule has 0 aliphatic heterocycles. The molecule has 1 N–H and O–H groups in total. The maximum absolute atomic E-state index is 9.24. The highest BCUT2D eigenvalue weighted by Crippen LogP contribution is 2.13. The van der Waals surface area contributed by atoms with Gasteiger partial charge in [0.25, 0.3) is 0 Å². The molecule has 0 radical (unpaired) electrons. The number of aromatic hydroxyl groups is 1. The van der Waals surface area contributed by atoms with Gasteiger partial charge in [0.1, 0.15) is 5.75 Å². The van der Waals surface area contributed by atoms with Gasteiger partial charge in [-0.25, -0.2) is 0 Å². The molecule has 0 saturated heterocycles.